The summed E-state index contributed by atoms with van der Waals surface area (Å²) in [5.41, 5.74) is 1.31. The van der Waals surface area contributed by atoms with E-state index in [2.05, 4.69) is 45.6 Å². The highest BCUT2D eigenvalue weighted by atomic mass is 35.5. The molecule has 4 aromatic heterocycles. The number of rotatable bonds is 4. The van der Waals surface area contributed by atoms with E-state index in [-0.39, 0.29) is 33.4 Å². The second-order valence-corrected chi connectivity index (χ2v) is 7.73. The number of nitrogens with one attached hydrogen (secondary N) is 3. The van der Waals surface area contributed by atoms with Gasteiger partial charge in [-0.05, 0) is 35.3 Å². The molecular weight excluding hydrogens is 519 g/mol. The Kier molecular flexibility index (Phi) is 6.94. The monoisotopic (exact) mass is 529 g/mol. The maximum Gasteiger partial charge on any atom is 0.226 e. The van der Waals surface area contributed by atoms with Crippen LogP contribution in [0, 0.1) is 5.82 Å². The van der Waals surface area contributed by atoms with Gasteiger partial charge in [0, 0.05) is 17.1 Å². The van der Waals surface area contributed by atoms with Gasteiger partial charge in [-0.15, -0.1) is 0 Å². The van der Waals surface area contributed by atoms with Crippen LogP contribution in [0.5, 0.6) is 5.75 Å². The zero-order valence-electron chi connectivity index (χ0n) is 16.5. The first-order valence-electron chi connectivity index (χ1n) is 9.00. The highest BCUT2D eigenvalue weighted by Gasteiger charge is 2.15. The van der Waals surface area contributed by atoms with E-state index in [0.717, 1.165) is 0 Å². The third-order valence-corrected chi connectivity index (χ3v) is 5.30. The predicted molar refractivity (Wildman–Crippen MR) is 124 cm³/mol. The van der Waals surface area contributed by atoms with E-state index >= 15 is 0 Å². The van der Waals surface area contributed by atoms with Gasteiger partial charge in [0.05, 0.1) is 30.3 Å². The summed E-state index contributed by atoms with van der Waals surface area (Å²) in [7, 11) is 1.39. The summed E-state index contributed by atoms with van der Waals surface area (Å²) >= 11 is 23.1. The van der Waals surface area contributed by atoms with Crippen molar-refractivity contribution in [3.63, 3.8) is 0 Å². The molecule has 0 radical (unpaired) electrons. The molecule has 0 bridgehead atoms. The van der Waals surface area contributed by atoms with Gasteiger partial charge in [-0.2, -0.15) is 25.1 Å². The molecule has 15 heteroatoms. The number of benzene rings is 1. The second kappa shape index (κ2) is 9.87. The minimum absolute atomic E-state index is 0.0523. The number of hydrogen-bond acceptors (Lipinski definition) is 8. The van der Waals surface area contributed by atoms with Crippen molar-refractivity contribution in [2.45, 2.75) is 6.54 Å². The van der Waals surface area contributed by atoms with Crippen molar-refractivity contribution in [3.05, 3.63) is 56.7 Å². The summed E-state index contributed by atoms with van der Waals surface area (Å²) in [5, 5.41) is 18.0. The van der Waals surface area contributed by atoms with Gasteiger partial charge in [-0.25, -0.2) is 9.37 Å². The van der Waals surface area contributed by atoms with Crippen molar-refractivity contribution in [1.29, 1.82) is 0 Å². The van der Waals surface area contributed by atoms with Crippen molar-refractivity contribution >= 4 is 74.3 Å². The smallest absolute Gasteiger partial charge is 0.226 e. The standard InChI is InChI=1S/C13H10Cl2FN5O.C5H2Cl2N4/c1-22-9-3-2-8(14)6(10(9)16)4-17-11-7-5-18-21-12(7)20-13(15)19-11;6-3-2-1-8-11-4(2)10-5(7)9-3/h2-3,5H,4H2,1H3,(H2,17,18,19,20,21);1H,(H,8,9,10,11). The molecule has 0 unspecified atom stereocenters. The average molecular weight is 531 g/mol. The van der Waals surface area contributed by atoms with Crippen LogP contribution in [0.3, 0.4) is 0 Å². The van der Waals surface area contributed by atoms with Crippen LogP contribution in [-0.2, 0) is 6.54 Å². The van der Waals surface area contributed by atoms with Crippen LogP contribution < -0.4 is 10.1 Å². The zero-order chi connectivity index (χ0) is 23.5. The Hall–Kier alpha value is -2.99. The maximum absolute atomic E-state index is 14.2. The summed E-state index contributed by atoms with van der Waals surface area (Å²) in [6, 6.07) is 3.04. The zero-order valence-corrected chi connectivity index (χ0v) is 19.5. The Balaban J connectivity index is 0.000000196. The SMILES string of the molecule is COc1ccc(Cl)c(CNc2nc(Cl)nc3[nH]ncc23)c1F.Clc1nc(Cl)c2cn[nH]c2n1. The molecule has 3 N–H and O–H groups in total. The van der Waals surface area contributed by atoms with Crippen LogP contribution in [0.15, 0.2) is 24.5 Å². The third-order valence-electron chi connectivity index (χ3n) is 4.32. The molecule has 0 aliphatic heterocycles. The van der Waals surface area contributed by atoms with Crippen molar-refractivity contribution in [1.82, 2.24) is 40.3 Å². The van der Waals surface area contributed by atoms with Crippen LogP contribution in [0.2, 0.25) is 20.7 Å². The van der Waals surface area contributed by atoms with E-state index in [0.29, 0.717) is 33.0 Å². The largest absolute Gasteiger partial charge is 0.494 e. The van der Waals surface area contributed by atoms with Gasteiger partial charge in [0.15, 0.2) is 22.9 Å². The first kappa shape index (κ1) is 23.2. The predicted octanol–water partition coefficient (Wildman–Crippen LogP) is 5.08. The molecule has 0 saturated heterocycles. The van der Waals surface area contributed by atoms with Gasteiger partial charge in [0.1, 0.15) is 11.0 Å². The Bertz CT molecular complexity index is 1440. The Morgan fingerprint density at radius 2 is 1.55 bits per heavy atom. The number of nitrogens with zero attached hydrogens (tertiary/aromatic N) is 6. The number of halogens is 5. The number of fused-ring (bicyclic) bond motifs is 2. The lowest BCUT2D eigenvalue weighted by Gasteiger charge is -2.11. The highest BCUT2D eigenvalue weighted by molar-refractivity contribution is 6.35. The van der Waals surface area contributed by atoms with E-state index in [9.17, 15) is 4.39 Å². The highest BCUT2D eigenvalue weighted by Crippen LogP contribution is 2.28. The lowest BCUT2D eigenvalue weighted by Crippen LogP contribution is -2.06. The second-order valence-electron chi connectivity index (χ2n) is 6.28. The maximum atomic E-state index is 14.2. The van der Waals surface area contributed by atoms with Crippen molar-refractivity contribution < 1.29 is 9.13 Å². The Morgan fingerprint density at radius 1 is 0.909 bits per heavy atom. The molecule has 0 saturated carbocycles. The molecule has 0 fully saturated rings. The van der Waals surface area contributed by atoms with Gasteiger partial charge >= 0.3 is 0 Å². The first-order chi connectivity index (χ1) is 15.9. The van der Waals surface area contributed by atoms with Crippen molar-refractivity contribution in [2.24, 2.45) is 0 Å². The van der Waals surface area contributed by atoms with E-state index in [1.165, 1.54) is 13.2 Å². The fourth-order valence-corrected chi connectivity index (χ4v) is 3.60. The number of methoxy groups -OCH3 is 1. The minimum Gasteiger partial charge on any atom is -0.494 e. The van der Waals surface area contributed by atoms with Crippen LogP contribution in [0.1, 0.15) is 5.56 Å². The normalized spacial score (nSPS) is 10.8. The minimum atomic E-state index is -0.522. The summed E-state index contributed by atoms with van der Waals surface area (Å²) in [4.78, 5) is 15.6. The fraction of sp³-hybridized carbons (Fsp3) is 0.111. The molecule has 5 rings (SSSR count). The molecule has 5 aromatic rings. The molecule has 170 valence electrons. The molecule has 0 spiro atoms. The molecule has 4 heterocycles. The lowest BCUT2D eigenvalue weighted by atomic mass is 10.2. The molecule has 0 atom stereocenters. The van der Waals surface area contributed by atoms with Gasteiger partial charge in [0.2, 0.25) is 10.6 Å². The summed E-state index contributed by atoms with van der Waals surface area (Å²) in [5.74, 6) is 0.0310. The summed E-state index contributed by atoms with van der Waals surface area (Å²) < 4.78 is 19.2. The fourth-order valence-electron chi connectivity index (χ4n) is 2.78. The molecule has 10 nitrogen and oxygen atoms in total. The first-order valence-corrected chi connectivity index (χ1v) is 10.5. The summed E-state index contributed by atoms with van der Waals surface area (Å²) in [6.07, 6.45) is 3.10. The van der Waals surface area contributed by atoms with Crippen LogP contribution in [0.4, 0.5) is 10.2 Å². The molecule has 0 aliphatic carbocycles. The number of hydrogen-bond donors (Lipinski definition) is 3. The number of anilines is 1. The summed E-state index contributed by atoms with van der Waals surface area (Å²) in [6.45, 7) is 0.107. The third kappa shape index (κ3) is 5.01. The molecular formula is C18H12Cl4FN9O. The molecule has 0 amide bonds. The van der Waals surface area contributed by atoms with Crippen molar-refractivity contribution in [3.8, 4) is 5.75 Å². The van der Waals surface area contributed by atoms with E-state index < -0.39 is 5.82 Å². The number of aromatic nitrogens is 8. The van der Waals surface area contributed by atoms with Crippen LogP contribution >= 0.6 is 46.4 Å². The Labute approximate surface area is 204 Å². The quantitative estimate of drug-likeness (QED) is 0.216. The topological polar surface area (TPSA) is 130 Å². The number of ether oxygens (including phenoxy) is 1. The van der Waals surface area contributed by atoms with Crippen molar-refractivity contribution in [2.75, 3.05) is 12.4 Å². The van der Waals surface area contributed by atoms with Gasteiger partial charge in [-0.1, -0.05) is 23.2 Å². The van der Waals surface area contributed by atoms with E-state index in [1.54, 1.807) is 18.5 Å². The van der Waals surface area contributed by atoms with Crippen LogP contribution in [-0.4, -0.2) is 47.4 Å². The number of H-pyrrole nitrogens is 2. The van der Waals surface area contributed by atoms with E-state index in [4.69, 9.17) is 51.1 Å². The van der Waals surface area contributed by atoms with E-state index in [1.807, 2.05) is 0 Å². The van der Waals surface area contributed by atoms with Gasteiger partial charge in [0.25, 0.3) is 0 Å². The van der Waals surface area contributed by atoms with Gasteiger partial charge < -0.3 is 10.1 Å². The molecule has 33 heavy (non-hydrogen) atoms. The Morgan fingerprint density at radius 3 is 2.24 bits per heavy atom. The average Bonchev–Trinajstić information content (AvgIpc) is 3.43. The van der Waals surface area contributed by atoms with Crippen LogP contribution in [0.25, 0.3) is 22.1 Å². The molecule has 1 aromatic carbocycles. The number of aromatic amines is 2. The molecule has 0 aliphatic rings. The van der Waals surface area contributed by atoms with Gasteiger partial charge in [-0.3, -0.25) is 10.2 Å². The lowest BCUT2D eigenvalue weighted by molar-refractivity contribution is 0.384.